The first-order valence-corrected chi connectivity index (χ1v) is 5.12. The summed E-state index contributed by atoms with van der Waals surface area (Å²) in [7, 11) is 0. The lowest BCUT2D eigenvalue weighted by Crippen LogP contribution is -2.49. The van der Waals surface area contributed by atoms with Crippen molar-refractivity contribution in [3.8, 4) is 0 Å². The maximum absolute atomic E-state index is 11.4. The summed E-state index contributed by atoms with van der Waals surface area (Å²) in [5, 5.41) is 12.1. The lowest BCUT2D eigenvalue weighted by Gasteiger charge is -2.24. The number of hydrogen-bond acceptors (Lipinski definition) is 4. The minimum atomic E-state index is -0.975. The number of hydrogen-bond donors (Lipinski definition) is 2. The summed E-state index contributed by atoms with van der Waals surface area (Å²) in [6.07, 6.45) is 0.199. The summed E-state index contributed by atoms with van der Waals surface area (Å²) in [5.74, 6) is -0.677. The average Bonchev–Trinajstić information content (AvgIpc) is 2.24. The number of ether oxygens (including phenoxy) is 1. The number of amides is 1. The Bertz CT molecular complexity index is 208. The Morgan fingerprint density at radius 3 is 2.53 bits per heavy atom. The van der Waals surface area contributed by atoms with E-state index in [1.807, 2.05) is 13.8 Å². The highest BCUT2D eigenvalue weighted by molar-refractivity contribution is 5.79. The molecule has 0 aliphatic carbocycles. The van der Waals surface area contributed by atoms with Crippen LogP contribution in [0.4, 0.5) is 0 Å². The van der Waals surface area contributed by atoms with Gasteiger partial charge >= 0.3 is 5.97 Å². The predicted molar refractivity (Wildman–Crippen MR) is 55.1 cm³/mol. The first-order chi connectivity index (χ1) is 7.08. The van der Waals surface area contributed by atoms with Crippen molar-refractivity contribution in [2.24, 2.45) is 5.92 Å². The van der Waals surface area contributed by atoms with Crippen LogP contribution in [0.15, 0.2) is 0 Å². The zero-order valence-corrected chi connectivity index (χ0v) is 9.40. The molecule has 88 valence electrons. The second-order valence-electron chi connectivity index (χ2n) is 3.39. The molecular weight excluding hydrogens is 198 g/mol. The Kier molecular flexibility index (Phi) is 6.70. The van der Waals surface area contributed by atoms with Gasteiger partial charge in [0.1, 0.15) is 0 Å². The molecule has 0 aromatic carbocycles. The van der Waals surface area contributed by atoms with Crippen LogP contribution in [-0.2, 0) is 14.3 Å². The van der Waals surface area contributed by atoms with Crippen molar-refractivity contribution in [3.05, 3.63) is 0 Å². The highest BCUT2D eigenvalue weighted by Crippen LogP contribution is 2.12. The van der Waals surface area contributed by atoms with Crippen LogP contribution >= 0.6 is 0 Å². The molecule has 0 radical (unpaired) electrons. The first-order valence-electron chi connectivity index (χ1n) is 5.12. The molecule has 5 heteroatoms. The van der Waals surface area contributed by atoms with E-state index in [0.717, 1.165) is 6.42 Å². The number of carbonyl (C=O) groups is 2. The fourth-order valence-electron chi connectivity index (χ4n) is 1.18. The van der Waals surface area contributed by atoms with Gasteiger partial charge in [-0.05, 0) is 12.8 Å². The number of aliphatic hydroxyl groups excluding tert-OH is 1. The van der Waals surface area contributed by atoms with Crippen LogP contribution in [0.2, 0.25) is 0 Å². The van der Waals surface area contributed by atoms with E-state index in [1.165, 1.54) is 0 Å². The third-order valence-electron chi connectivity index (χ3n) is 2.36. The fraction of sp³-hybridized carbons (Fsp3) is 0.800. The molecule has 0 aliphatic rings. The monoisotopic (exact) mass is 217 g/mol. The summed E-state index contributed by atoms with van der Waals surface area (Å²) in [6, 6.07) is -0.975. The largest absolute Gasteiger partial charge is 0.464 e. The lowest BCUT2D eigenvalue weighted by atomic mass is 9.95. The minimum Gasteiger partial charge on any atom is -0.464 e. The van der Waals surface area contributed by atoms with Crippen molar-refractivity contribution in [3.63, 3.8) is 0 Å². The van der Waals surface area contributed by atoms with Crippen LogP contribution in [0.5, 0.6) is 0 Å². The van der Waals surface area contributed by atoms with Crippen molar-refractivity contribution in [2.45, 2.75) is 39.3 Å². The van der Waals surface area contributed by atoms with Gasteiger partial charge in [0, 0.05) is 0 Å². The van der Waals surface area contributed by atoms with Crippen molar-refractivity contribution >= 4 is 12.4 Å². The molecule has 1 amide bonds. The van der Waals surface area contributed by atoms with Crippen LogP contribution in [0.25, 0.3) is 0 Å². The Labute approximate surface area is 89.8 Å². The Morgan fingerprint density at radius 2 is 2.13 bits per heavy atom. The first kappa shape index (κ1) is 13.9. The van der Waals surface area contributed by atoms with Crippen LogP contribution in [0.1, 0.15) is 27.2 Å². The molecule has 0 spiro atoms. The van der Waals surface area contributed by atoms with Crippen LogP contribution in [0, 0.1) is 5.92 Å². The average molecular weight is 217 g/mol. The molecule has 0 aliphatic heterocycles. The molecule has 0 heterocycles. The van der Waals surface area contributed by atoms with Crippen LogP contribution in [-0.4, -0.2) is 36.2 Å². The standard InChI is InChI=1S/C10H19NO4/c1-4-7(3)9(13)8(11-6-12)10(14)15-5-2/h6-9,13H,4-5H2,1-3H3,(H,11,12). The molecule has 0 fully saturated rings. The Morgan fingerprint density at radius 1 is 1.53 bits per heavy atom. The molecule has 0 rings (SSSR count). The van der Waals surface area contributed by atoms with Gasteiger partial charge in [-0.2, -0.15) is 0 Å². The smallest absolute Gasteiger partial charge is 0.331 e. The van der Waals surface area contributed by atoms with Gasteiger partial charge in [-0.25, -0.2) is 4.79 Å². The van der Waals surface area contributed by atoms with Gasteiger partial charge in [0.05, 0.1) is 12.7 Å². The number of aliphatic hydroxyl groups is 1. The van der Waals surface area contributed by atoms with Gasteiger partial charge < -0.3 is 15.2 Å². The normalized spacial score (nSPS) is 16.3. The molecule has 5 nitrogen and oxygen atoms in total. The second-order valence-corrected chi connectivity index (χ2v) is 3.39. The molecule has 3 atom stereocenters. The number of carbonyl (C=O) groups excluding carboxylic acids is 2. The maximum Gasteiger partial charge on any atom is 0.331 e. The molecule has 0 bridgehead atoms. The van der Waals surface area contributed by atoms with Gasteiger partial charge in [-0.15, -0.1) is 0 Å². The Hall–Kier alpha value is -1.10. The van der Waals surface area contributed by atoms with E-state index >= 15 is 0 Å². The van der Waals surface area contributed by atoms with Crippen molar-refractivity contribution < 1.29 is 19.4 Å². The van der Waals surface area contributed by atoms with E-state index in [0.29, 0.717) is 6.41 Å². The Balaban J connectivity index is 4.48. The number of esters is 1. The topological polar surface area (TPSA) is 75.6 Å². The van der Waals surface area contributed by atoms with Crippen molar-refractivity contribution in [1.82, 2.24) is 5.32 Å². The summed E-state index contributed by atoms with van der Waals surface area (Å²) < 4.78 is 4.75. The van der Waals surface area contributed by atoms with Crippen molar-refractivity contribution in [1.29, 1.82) is 0 Å². The third-order valence-corrected chi connectivity index (χ3v) is 2.36. The van der Waals surface area contributed by atoms with Gasteiger partial charge in [-0.3, -0.25) is 4.79 Å². The van der Waals surface area contributed by atoms with Gasteiger partial charge in [0.2, 0.25) is 6.41 Å². The van der Waals surface area contributed by atoms with Crippen LogP contribution in [0.3, 0.4) is 0 Å². The molecule has 0 saturated carbocycles. The number of rotatable bonds is 7. The SMILES string of the molecule is CCOC(=O)C(NC=O)C(O)C(C)CC. The molecule has 0 aromatic heterocycles. The van der Waals surface area contributed by atoms with E-state index in [4.69, 9.17) is 4.74 Å². The zero-order chi connectivity index (χ0) is 11.8. The minimum absolute atomic E-state index is 0.0770. The summed E-state index contributed by atoms with van der Waals surface area (Å²) in [4.78, 5) is 21.7. The van der Waals surface area contributed by atoms with Gasteiger partial charge in [0.25, 0.3) is 0 Å². The van der Waals surface area contributed by atoms with E-state index < -0.39 is 18.1 Å². The molecule has 2 N–H and O–H groups in total. The molecule has 0 aromatic rings. The number of nitrogens with one attached hydrogen (secondary N) is 1. The molecule has 0 saturated heterocycles. The molecule has 15 heavy (non-hydrogen) atoms. The van der Waals surface area contributed by atoms with Gasteiger partial charge in [-0.1, -0.05) is 20.3 Å². The molecule has 3 unspecified atom stereocenters. The van der Waals surface area contributed by atoms with E-state index in [1.54, 1.807) is 6.92 Å². The van der Waals surface area contributed by atoms with E-state index in [9.17, 15) is 14.7 Å². The van der Waals surface area contributed by atoms with Gasteiger partial charge in [0.15, 0.2) is 6.04 Å². The third kappa shape index (κ3) is 4.29. The van der Waals surface area contributed by atoms with E-state index in [2.05, 4.69) is 5.32 Å². The van der Waals surface area contributed by atoms with Crippen LogP contribution < -0.4 is 5.32 Å². The second kappa shape index (κ2) is 7.23. The lowest BCUT2D eigenvalue weighted by molar-refractivity contribution is -0.150. The summed E-state index contributed by atoms with van der Waals surface area (Å²) in [5.41, 5.74) is 0. The van der Waals surface area contributed by atoms with Crippen molar-refractivity contribution in [2.75, 3.05) is 6.61 Å². The highest BCUT2D eigenvalue weighted by Gasteiger charge is 2.30. The highest BCUT2D eigenvalue weighted by atomic mass is 16.5. The fourth-order valence-corrected chi connectivity index (χ4v) is 1.18. The van der Waals surface area contributed by atoms with E-state index in [-0.39, 0.29) is 12.5 Å². The summed E-state index contributed by atoms with van der Waals surface area (Å²) >= 11 is 0. The summed E-state index contributed by atoms with van der Waals surface area (Å²) in [6.45, 7) is 5.61. The zero-order valence-electron chi connectivity index (χ0n) is 9.40. The predicted octanol–water partition coefficient (Wildman–Crippen LogP) is 0.0711. The molecular formula is C10H19NO4. The quantitative estimate of drug-likeness (QED) is 0.467. The maximum atomic E-state index is 11.4.